The number of nitrogens with one attached hydrogen (secondary N) is 1. The highest BCUT2D eigenvalue weighted by Gasteiger charge is 2.37. The predicted molar refractivity (Wildman–Crippen MR) is 121 cm³/mol. The number of ether oxygens (including phenoxy) is 1. The maximum absolute atomic E-state index is 13.2. The lowest BCUT2D eigenvalue weighted by Gasteiger charge is -2.23. The molecule has 1 aromatic rings. The first-order valence-corrected chi connectivity index (χ1v) is 11.9. The number of benzene rings is 1. The molecule has 0 aromatic heterocycles. The molecular formula is C26H35NO5. The molecule has 2 aliphatic carbocycles. The summed E-state index contributed by atoms with van der Waals surface area (Å²) in [5.74, 6) is -0.413. The van der Waals surface area contributed by atoms with Gasteiger partial charge in [-0.15, -0.1) is 0 Å². The molecule has 174 valence electrons. The van der Waals surface area contributed by atoms with E-state index in [2.05, 4.69) is 5.32 Å². The van der Waals surface area contributed by atoms with Gasteiger partial charge in [0.25, 0.3) is 0 Å². The van der Waals surface area contributed by atoms with Gasteiger partial charge in [-0.25, -0.2) is 4.79 Å². The highest BCUT2D eigenvalue weighted by atomic mass is 16.5. The van der Waals surface area contributed by atoms with E-state index in [0.29, 0.717) is 31.1 Å². The van der Waals surface area contributed by atoms with Crippen LogP contribution in [0.1, 0.15) is 70.8 Å². The van der Waals surface area contributed by atoms with Crippen molar-refractivity contribution in [1.29, 1.82) is 0 Å². The lowest BCUT2D eigenvalue weighted by atomic mass is 9.83. The third kappa shape index (κ3) is 7.01. The number of carbonyl (C=O) groups excluding carboxylic acids is 4. The van der Waals surface area contributed by atoms with Gasteiger partial charge in [0.15, 0.2) is 11.6 Å². The molecule has 0 aliphatic heterocycles. The molecule has 6 nitrogen and oxygen atoms in total. The Bertz CT molecular complexity index is 819. The van der Waals surface area contributed by atoms with E-state index in [4.69, 9.17) is 4.74 Å². The van der Waals surface area contributed by atoms with E-state index in [-0.39, 0.29) is 30.5 Å². The molecule has 2 aliphatic rings. The number of alkyl carbamates (subject to hydrolysis) is 1. The lowest BCUT2D eigenvalue weighted by molar-refractivity contribution is -0.140. The van der Waals surface area contributed by atoms with Crippen molar-refractivity contribution in [2.24, 2.45) is 23.7 Å². The Morgan fingerprint density at radius 3 is 2.47 bits per heavy atom. The smallest absolute Gasteiger partial charge is 0.408 e. The van der Waals surface area contributed by atoms with Crippen LogP contribution in [0.5, 0.6) is 0 Å². The van der Waals surface area contributed by atoms with Crippen LogP contribution in [-0.2, 0) is 25.7 Å². The molecule has 6 heteroatoms. The van der Waals surface area contributed by atoms with E-state index in [1.807, 2.05) is 44.2 Å². The maximum atomic E-state index is 13.2. The third-order valence-electron chi connectivity index (χ3n) is 6.74. The van der Waals surface area contributed by atoms with Gasteiger partial charge in [0.1, 0.15) is 6.61 Å². The van der Waals surface area contributed by atoms with Gasteiger partial charge in [0.05, 0.1) is 6.04 Å². The zero-order chi connectivity index (χ0) is 23.1. The van der Waals surface area contributed by atoms with Gasteiger partial charge in [0.2, 0.25) is 5.78 Å². The van der Waals surface area contributed by atoms with Gasteiger partial charge in [-0.05, 0) is 49.0 Å². The van der Waals surface area contributed by atoms with Crippen molar-refractivity contribution in [3.8, 4) is 0 Å². The van der Waals surface area contributed by atoms with Gasteiger partial charge in [-0.2, -0.15) is 0 Å². The second-order valence-electron chi connectivity index (χ2n) is 9.86. The topological polar surface area (TPSA) is 89.5 Å². The summed E-state index contributed by atoms with van der Waals surface area (Å²) >= 11 is 0. The fourth-order valence-corrected chi connectivity index (χ4v) is 5.06. The Kier molecular flexibility index (Phi) is 8.60. The second kappa shape index (κ2) is 11.4. The normalized spacial score (nSPS) is 24.4. The number of hydrogen-bond donors (Lipinski definition) is 1. The van der Waals surface area contributed by atoms with Crippen molar-refractivity contribution in [2.75, 3.05) is 0 Å². The van der Waals surface area contributed by atoms with Crippen LogP contribution in [0.15, 0.2) is 30.3 Å². The summed E-state index contributed by atoms with van der Waals surface area (Å²) in [6.07, 6.45) is 4.70. The van der Waals surface area contributed by atoms with E-state index in [1.54, 1.807) is 0 Å². The highest BCUT2D eigenvalue weighted by molar-refractivity contribution is 6.38. The van der Waals surface area contributed by atoms with Crippen LogP contribution in [0.4, 0.5) is 4.79 Å². The monoisotopic (exact) mass is 441 g/mol. The van der Waals surface area contributed by atoms with Crippen LogP contribution in [0.2, 0.25) is 0 Å². The fraction of sp³-hybridized carbons (Fsp3) is 0.615. The Balaban J connectivity index is 1.62. The second-order valence-corrected chi connectivity index (χ2v) is 9.86. The molecule has 1 amide bonds. The SMILES string of the molecule is CC(C)CC(NC(=O)OCc1ccccc1)C(=O)CC1CC2CCC(CCC(=O)C1=O)C2. The van der Waals surface area contributed by atoms with E-state index in [9.17, 15) is 19.2 Å². The first kappa shape index (κ1) is 24.1. The average molecular weight is 442 g/mol. The molecule has 0 heterocycles. The Hall–Kier alpha value is -2.50. The maximum Gasteiger partial charge on any atom is 0.408 e. The zero-order valence-electron chi connectivity index (χ0n) is 19.2. The number of fused-ring (bicyclic) bond motifs is 2. The summed E-state index contributed by atoms with van der Waals surface area (Å²) in [5.41, 5.74) is 0.860. The Morgan fingerprint density at radius 2 is 1.75 bits per heavy atom. The summed E-state index contributed by atoms with van der Waals surface area (Å²) < 4.78 is 5.29. The first-order chi connectivity index (χ1) is 15.3. The van der Waals surface area contributed by atoms with Crippen molar-refractivity contribution >= 4 is 23.4 Å². The average Bonchev–Trinajstić information content (AvgIpc) is 3.23. The van der Waals surface area contributed by atoms with E-state index in [1.165, 1.54) is 0 Å². The van der Waals surface area contributed by atoms with Crippen LogP contribution >= 0.6 is 0 Å². The van der Waals surface area contributed by atoms with E-state index >= 15 is 0 Å². The molecule has 3 rings (SSSR count). The minimum absolute atomic E-state index is 0.00208. The molecular weight excluding hydrogens is 406 g/mol. The third-order valence-corrected chi connectivity index (χ3v) is 6.74. The Labute approximate surface area is 190 Å². The molecule has 4 unspecified atom stereocenters. The molecule has 2 saturated carbocycles. The number of rotatable bonds is 8. The standard InChI is InChI=1S/C26H35NO5/c1-17(2)12-22(27-26(31)32-16-19-6-4-3-5-7-19)24(29)15-21-14-20-9-8-18(13-20)10-11-23(28)25(21)30/h3-7,17-18,20-22H,8-16H2,1-2H3,(H,27,31). The van der Waals surface area contributed by atoms with Crippen LogP contribution in [0, 0.1) is 23.7 Å². The lowest BCUT2D eigenvalue weighted by Crippen LogP contribution is -2.43. The summed E-state index contributed by atoms with van der Waals surface area (Å²) in [4.78, 5) is 50.7. The van der Waals surface area contributed by atoms with E-state index < -0.39 is 23.8 Å². The zero-order valence-corrected chi connectivity index (χ0v) is 19.2. The summed E-state index contributed by atoms with van der Waals surface area (Å²) in [7, 11) is 0. The summed E-state index contributed by atoms with van der Waals surface area (Å²) in [6, 6.07) is 8.60. The van der Waals surface area contributed by atoms with Crippen molar-refractivity contribution in [2.45, 2.75) is 77.9 Å². The molecule has 2 fully saturated rings. The number of amides is 1. The molecule has 2 bridgehead atoms. The van der Waals surface area contributed by atoms with Crippen molar-refractivity contribution < 1.29 is 23.9 Å². The van der Waals surface area contributed by atoms with Gasteiger partial charge in [-0.3, -0.25) is 14.4 Å². The molecule has 1 N–H and O–H groups in total. The molecule has 0 spiro atoms. The summed E-state index contributed by atoms with van der Waals surface area (Å²) in [5, 5.41) is 2.70. The van der Waals surface area contributed by atoms with Crippen molar-refractivity contribution in [1.82, 2.24) is 5.32 Å². The quantitative estimate of drug-likeness (QED) is 0.594. The molecule has 1 aromatic carbocycles. The largest absolute Gasteiger partial charge is 0.445 e. The van der Waals surface area contributed by atoms with Crippen LogP contribution < -0.4 is 5.32 Å². The minimum Gasteiger partial charge on any atom is -0.445 e. The van der Waals surface area contributed by atoms with Gasteiger partial charge in [-0.1, -0.05) is 57.0 Å². The fourth-order valence-electron chi connectivity index (χ4n) is 5.06. The number of hydrogen-bond acceptors (Lipinski definition) is 5. The molecule has 32 heavy (non-hydrogen) atoms. The van der Waals surface area contributed by atoms with Crippen LogP contribution in [0.3, 0.4) is 0 Å². The van der Waals surface area contributed by atoms with Crippen molar-refractivity contribution in [3.05, 3.63) is 35.9 Å². The Morgan fingerprint density at radius 1 is 1.03 bits per heavy atom. The van der Waals surface area contributed by atoms with Gasteiger partial charge in [0, 0.05) is 18.8 Å². The molecule has 4 atom stereocenters. The van der Waals surface area contributed by atoms with Crippen LogP contribution in [-0.4, -0.2) is 29.5 Å². The van der Waals surface area contributed by atoms with Crippen LogP contribution in [0.25, 0.3) is 0 Å². The van der Waals surface area contributed by atoms with Crippen molar-refractivity contribution in [3.63, 3.8) is 0 Å². The molecule has 0 radical (unpaired) electrons. The number of carbonyl (C=O) groups is 4. The number of ketones is 3. The van der Waals surface area contributed by atoms with Gasteiger partial charge < -0.3 is 10.1 Å². The predicted octanol–water partition coefficient (Wildman–Crippen LogP) is 4.64. The van der Waals surface area contributed by atoms with E-state index in [0.717, 1.165) is 31.2 Å². The number of Topliss-reactive ketones (excluding diaryl/α,β-unsaturated/α-hetero) is 3. The highest BCUT2D eigenvalue weighted by Crippen LogP contribution is 2.39. The van der Waals surface area contributed by atoms with Gasteiger partial charge >= 0.3 is 6.09 Å². The minimum atomic E-state index is -0.731. The first-order valence-electron chi connectivity index (χ1n) is 11.9. The molecule has 0 saturated heterocycles. The summed E-state index contributed by atoms with van der Waals surface area (Å²) in [6.45, 7) is 4.07.